The maximum absolute atomic E-state index is 12.2. The van der Waals surface area contributed by atoms with Gasteiger partial charge >= 0.3 is 0 Å². The largest absolute Gasteiger partial charge is 0.508 e. The van der Waals surface area contributed by atoms with Crippen molar-refractivity contribution < 1.29 is 14.3 Å². The Morgan fingerprint density at radius 2 is 1.90 bits per heavy atom. The van der Waals surface area contributed by atoms with Gasteiger partial charge in [-0.25, -0.2) is 0 Å². The smallest absolute Gasteiger partial charge is 0.197 e. The number of hydrogen-bond donors (Lipinski definition) is 1. The van der Waals surface area contributed by atoms with Crippen LogP contribution in [-0.4, -0.2) is 12.2 Å². The molecule has 3 aromatic rings. The number of methoxy groups -OCH3 is 1. The van der Waals surface area contributed by atoms with E-state index in [-0.39, 0.29) is 11.2 Å². The molecule has 4 nitrogen and oxygen atoms in total. The molecule has 0 fully saturated rings. The summed E-state index contributed by atoms with van der Waals surface area (Å²) in [6.45, 7) is 0. The summed E-state index contributed by atoms with van der Waals surface area (Å²) in [5.74, 6) is 0.700. The Morgan fingerprint density at radius 1 is 1.14 bits per heavy atom. The first-order chi connectivity index (χ1) is 10.2. The Balaban J connectivity index is 2.05. The van der Waals surface area contributed by atoms with E-state index in [1.54, 1.807) is 42.5 Å². The number of fused-ring (bicyclic) bond motifs is 1. The minimum absolute atomic E-state index is 0.144. The van der Waals surface area contributed by atoms with Crippen LogP contribution in [0.4, 0.5) is 0 Å². The Hall–Kier alpha value is -2.40. The van der Waals surface area contributed by atoms with Crippen LogP contribution in [0.3, 0.4) is 0 Å². The van der Waals surface area contributed by atoms with Crippen molar-refractivity contribution in [2.75, 3.05) is 7.11 Å². The van der Waals surface area contributed by atoms with Crippen molar-refractivity contribution in [1.82, 2.24) is 0 Å². The highest BCUT2D eigenvalue weighted by molar-refractivity contribution is 7.99. The summed E-state index contributed by atoms with van der Waals surface area (Å²) < 4.78 is 10.9. The lowest BCUT2D eigenvalue weighted by atomic mass is 10.2. The molecule has 0 saturated carbocycles. The molecule has 0 radical (unpaired) electrons. The van der Waals surface area contributed by atoms with E-state index in [1.165, 1.54) is 24.9 Å². The van der Waals surface area contributed by atoms with Gasteiger partial charge in [0.05, 0.1) is 7.11 Å². The molecular formula is C16H12O4S. The van der Waals surface area contributed by atoms with Gasteiger partial charge in [-0.1, -0.05) is 17.8 Å². The van der Waals surface area contributed by atoms with E-state index in [9.17, 15) is 9.90 Å². The van der Waals surface area contributed by atoms with Crippen LogP contribution in [0.15, 0.2) is 67.7 Å². The molecule has 0 unspecified atom stereocenters. The summed E-state index contributed by atoms with van der Waals surface area (Å²) in [6, 6.07) is 13.4. The summed E-state index contributed by atoms with van der Waals surface area (Å²) in [5.41, 5.74) is 0.345. The minimum atomic E-state index is -0.144. The monoisotopic (exact) mass is 300 g/mol. The van der Waals surface area contributed by atoms with Crippen LogP contribution in [0.2, 0.25) is 0 Å². The van der Waals surface area contributed by atoms with Gasteiger partial charge < -0.3 is 14.3 Å². The zero-order valence-corrected chi connectivity index (χ0v) is 12.0. The summed E-state index contributed by atoms with van der Waals surface area (Å²) in [6.07, 6.45) is 0. The van der Waals surface area contributed by atoms with Gasteiger partial charge in [0.2, 0.25) is 0 Å². The van der Waals surface area contributed by atoms with Gasteiger partial charge in [0.25, 0.3) is 0 Å². The molecule has 0 aliphatic heterocycles. The SMILES string of the molecule is COc1cccc2oc(Sc3ccc(O)cc3)cc(=O)c12. The number of phenolic OH excluding ortho intramolecular Hbond substituents is 1. The molecule has 0 bridgehead atoms. The zero-order chi connectivity index (χ0) is 14.8. The summed E-state index contributed by atoms with van der Waals surface area (Å²) >= 11 is 1.32. The maximum atomic E-state index is 12.2. The molecule has 1 heterocycles. The average molecular weight is 300 g/mol. The molecule has 0 aliphatic rings. The summed E-state index contributed by atoms with van der Waals surface area (Å²) in [4.78, 5) is 13.1. The predicted octanol–water partition coefficient (Wildman–Crippen LogP) is 3.66. The molecular weight excluding hydrogens is 288 g/mol. The predicted molar refractivity (Wildman–Crippen MR) is 81.3 cm³/mol. The van der Waals surface area contributed by atoms with E-state index in [4.69, 9.17) is 9.15 Å². The highest BCUT2D eigenvalue weighted by atomic mass is 32.2. The highest BCUT2D eigenvalue weighted by Gasteiger charge is 2.10. The Bertz CT molecular complexity index is 837. The lowest BCUT2D eigenvalue weighted by Gasteiger charge is -2.06. The maximum Gasteiger partial charge on any atom is 0.197 e. The molecule has 106 valence electrons. The quantitative estimate of drug-likeness (QED) is 0.800. The van der Waals surface area contributed by atoms with Gasteiger partial charge in [0.1, 0.15) is 22.5 Å². The summed E-state index contributed by atoms with van der Waals surface area (Å²) in [5, 5.41) is 10.2. The van der Waals surface area contributed by atoms with Gasteiger partial charge in [-0.3, -0.25) is 4.79 Å². The number of benzene rings is 2. The van der Waals surface area contributed by atoms with Crippen molar-refractivity contribution >= 4 is 22.7 Å². The zero-order valence-electron chi connectivity index (χ0n) is 11.2. The standard InChI is InChI=1S/C16H12O4S/c1-19-13-3-2-4-14-16(13)12(18)9-15(20-14)21-11-7-5-10(17)6-8-11/h2-9,17H,1H3. The van der Waals surface area contributed by atoms with E-state index in [0.29, 0.717) is 21.8 Å². The van der Waals surface area contributed by atoms with Gasteiger partial charge in [-0.15, -0.1) is 0 Å². The minimum Gasteiger partial charge on any atom is -0.508 e. The highest BCUT2D eigenvalue weighted by Crippen LogP contribution is 2.31. The van der Waals surface area contributed by atoms with Crippen LogP contribution in [0.5, 0.6) is 11.5 Å². The molecule has 5 heteroatoms. The summed E-state index contributed by atoms with van der Waals surface area (Å²) in [7, 11) is 1.52. The number of hydrogen-bond acceptors (Lipinski definition) is 5. The number of phenols is 1. The second kappa shape index (κ2) is 5.54. The number of ether oxygens (including phenoxy) is 1. The molecule has 0 spiro atoms. The van der Waals surface area contributed by atoms with E-state index in [2.05, 4.69) is 0 Å². The molecule has 2 aromatic carbocycles. The Labute approximate surface area is 125 Å². The lowest BCUT2D eigenvalue weighted by molar-refractivity contribution is 0.417. The second-order valence-electron chi connectivity index (χ2n) is 4.36. The van der Waals surface area contributed by atoms with Crippen LogP contribution in [0.25, 0.3) is 11.0 Å². The topological polar surface area (TPSA) is 59.7 Å². The van der Waals surface area contributed by atoms with Crippen LogP contribution < -0.4 is 10.2 Å². The van der Waals surface area contributed by atoms with Gasteiger partial charge in [-0.05, 0) is 36.4 Å². The van der Waals surface area contributed by atoms with E-state index in [1.807, 2.05) is 0 Å². The fourth-order valence-corrected chi connectivity index (χ4v) is 2.81. The van der Waals surface area contributed by atoms with Crippen molar-refractivity contribution in [3.63, 3.8) is 0 Å². The third-order valence-electron chi connectivity index (χ3n) is 2.97. The third-order valence-corrected chi connectivity index (χ3v) is 3.88. The first-order valence-electron chi connectivity index (χ1n) is 6.25. The molecule has 0 amide bonds. The number of aromatic hydroxyl groups is 1. The molecule has 0 aliphatic carbocycles. The molecule has 0 saturated heterocycles. The van der Waals surface area contributed by atoms with Crippen LogP contribution in [0.1, 0.15) is 0 Å². The Morgan fingerprint density at radius 3 is 2.62 bits per heavy atom. The Kier molecular flexibility index (Phi) is 3.58. The van der Waals surface area contributed by atoms with Crippen molar-refractivity contribution in [3.05, 3.63) is 58.8 Å². The first-order valence-corrected chi connectivity index (χ1v) is 7.07. The van der Waals surface area contributed by atoms with Crippen LogP contribution >= 0.6 is 11.8 Å². The van der Waals surface area contributed by atoms with Gasteiger partial charge in [0, 0.05) is 11.0 Å². The molecule has 1 N–H and O–H groups in total. The van der Waals surface area contributed by atoms with Crippen molar-refractivity contribution in [3.8, 4) is 11.5 Å². The van der Waals surface area contributed by atoms with E-state index >= 15 is 0 Å². The first kappa shape index (κ1) is 13.6. The van der Waals surface area contributed by atoms with Crippen LogP contribution in [0, 0.1) is 0 Å². The van der Waals surface area contributed by atoms with Gasteiger partial charge in [-0.2, -0.15) is 0 Å². The average Bonchev–Trinajstić information content (AvgIpc) is 2.49. The third kappa shape index (κ3) is 2.73. The van der Waals surface area contributed by atoms with E-state index < -0.39 is 0 Å². The molecule has 21 heavy (non-hydrogen) atoms. The fourth-order valence-electron chi connectivity index (χ4n) is 2.01. The van der Waals surface area contributed by atoms with Gasteiger partial charge in [0.15, 0.2) is 10.5 Å². The van der Waals surface area contributed by atoms with Crippen LogP contribution in [-0.2, 0) is 0 Å². The lowest BCUT2D eigenvalue weighted by Crippen LogP contribution is -2.02. The molecule has 1 aromatic heterocycles. The van der Waals surface area contributed by atoms with Crippen molar-refractivity contribution in [1.29, 1.82) is 0 Å². The normalized spacial score (nSPS) is 10.7. The second-order valence-corrected chi connectivity index (χ2v) is 5.44. The molecule has 0 atom stereocenters. The molecule has 3 rings (SSSR count). The fraction of sp³-hybridized carbons (Fsp3) is 0.0625. The van der Waals surface area contributed by atoms with E-state index in [0.717, 1.165) is 4.90 Å². The number of rotatable bonds is 3. The van der Waals surface area contributed by atoms with Crippen molar-refractivity contribution in [2.45, 2.75) is 9.99 Å². The van der Waals surface area contributed by atoms with Crippen molar-refractivity contribution in [2.24, 2.45) is 0 Å².